The second-order valence-corrected chi connectivity index (χ2v) is 4.71. The summed E-state index contributed by atoms with van der Waals surface area (Å²) in [6.07, 6.45) is 3.12. The molecule has 0 aliphatic carbocycles. The molecule has 0 spiro atoms. The fourth-order valence-electron chi connectivity index (χ4n) is 1.18. The number of carbonyl (C=O) groups is 1. The van der Waals surface area contributed by atoms with Gasteiger partial charge in [-0.1, -0.05) is 0 Å². The quantitative estimate of drug-likeness (QED) is 0.817. The van der Waals surface area contributed by atoms with Crippen molar-refractivity contribution in [1.82, 2.24) is 0 Å². The van der Waals surface area contributed by atoms with Crippen LogP contribution in [0, 0.1) is 0 Å². The topological polar surface area (TPSA) is 43.1 Å². The molecule has 2 rings (SSSR count). The molecule has 0 fully saturated rings. The van der Waals surface area contributed by atoms with Gasteiger partial charge in [-0.05, 0) is 45.5 Å². The molecule has 4 heteroatoms. The number of hydrogen-bond acceptors (Lipinski definition) is 3. The lowest BCUT2D eigenvalue weighted by atomic mass is 10.2. The monoisotopic (exact) mass is 235 g/mol. The highest BCUT2D eigenvalue weighted by molar-refractivity contribution is 7.11. The molecule has 1 amide bonds. The van der Waals surface area contributed by atoms with E-state index in [1.807, 2.05) is 11.4 Å². The van der Waals surface area contributed by atoms with Crippen LogP contribution in [0.4, 0.5) is 0 Å². The van der Waals surface area contributed by atoms with E-state index in [-0.39, 0.29) is 0 Å². The van der Waals surface area contributed by atoms with E-state index in [1.165, 1.54) is 17.2 Å². The summed E-state index contributed by atoms with van der Waals surface area (Å²) < 4.78 is 0. The van der Waals surface area contributed by atoms with E-state index < -0.39 is 5.91 Å². The minimum absolute atomic E-state index is 0.416. The molecule has 2 N–H and O–H groups in total. The van der Waals surface area contributed by atoms with Gasteiger partial charge >= 0.3 is 0 Å². The second-order valence-electron chi connectivity index (χ2n) is 2.99. The van der Waals surface area contributed by atoms with Crippen molar-refractivity contribution in [2.75, 3.05) is 0 Å². The first kappa shape index (κ1) is 10.1. The van der Waals surface area contributed by atoms with E-state index in [2.05, 4.69) is 16.8 Å². The summed E-state index contributed by atoms with van der Waals surface area (Å²) in [6, 6.07) is 4.13. The highest BCUT2D eigenvalue weighted by atomic mass is 32.1. The molecular formula is C11H9NOS2. The molecule has 0 radical (unpaired) electrons. The summed E-state index contributed by atoms with van der Waals surface area (Å²) in [6.45, 7) is 0. The van der Waals surface area contributed by atoms with E-state index in [9.17, 15) is 4.79 Å². The van der Waals surface area contributed by atoms with E-state index in [0.29, 0.717) is 0 Å². The van der Waals surface area contributed by atoms with E-state index in [0.717, 1.165) is 4.88 Å². The van der Waals surface area contributed by atoms with Crippen LogP contribution in [0.2, 0.25) is 0 Å². The molecule has 0 saturated carbocycles. The lowest BCUT2D eigenvalue weighted by Gasteiger charge is -1.87. The predicted molar refractivity (Wildman–Crippen MR) is 65.9 cm³/mol. The number of thiophene rings is 2. The highest BCUT2D eigenvalue weighted by Crippen LogP contribution is 2.27. The second kappa shape index (κ2) is 4.42. The molecule has 2 aromatic heterocycles. The Hall–Kier alpha value is -1.39. The van der Waals surface area contributed by atoms with Crippen LogP contribution in [0.3, 0.4) is 0 Å². The Bertz CT molecular complexity index is 482. The van der Waals surface area contributed by atoms with Gasteiger partial charge in [0, 0.05) is 11.0 Å². The molecule has 0 atom stereocenters. The predicted octanol–water partition coefficient (Wildman–Crippen LogP) is 2.98. The summed E-state index contributed by atoms with van der Waals surface area (Å²) in [7, 11) is 0. The van der Waals surface area contributed by atoms with Gasteiger partial charge in [-0.15, -0.1) is 11.3 Å². The SMILES string of the molecule is NC(=O)/C=C\c1cc(-c2ccsc2)cs1. The van der Waals surface area contributed by atoms with Gasteiger partial charge in [0.2, 0.25) is 5.91 Å². The first-order valence-corrected chi connectivity index (χ1v) is 6.16. The number of nitrogens with two attached hydrogens (primary N) is 1. The third-order valence-electron chi connectivity index (χ3n) is 1.89. The molecule has 0 aliphatic rings. The lowest BCUT2D eigenvalue weighted by Crippen LogP contribution is -2.04. The van der Waals surface area contributed by atoms with Gasteiger partial charge in [-0.25, -0.2) is 0 Å². The zero-order valence-electron chi connectivity index (χ0n) is 7.84. The number of hydrogen-bond donors (Lipinski definition) is 1. The van der Waals surface area contributed by atoms with Crippen LogP contribution >= 0.6 is 22.7 Å². The fourth-order valence-corrected chi connectivity index (χ4v) is 2.66. The third-order valence-corrected chi connectivity index (χ3v) is 3.47. The van der Waals surface area contributed by atoms with Crippen molar-refractivity contribution in [3.05, 3.63) is 39.2 Å². The van der Waals surface area contributed by atoms with Gasteiger partial charge in [-0.3, -0.25) is 4.79 Å². The molecule has 2 aromatic rings. The lowest BCUT2D eigenvalue weighted by molar-refractivity contribution is -0.113. The first-order valence-electron chi connectivity index (χ1n) is 4.34. The van der Waals surface area contributed by atoms with Gasteiger partial charge in [0.25, 0.3) is 0 Å². The highest BCUT2D eigenvalue weighted by Gasteiger charge is 2.00. The van der Waals surface area contributed by atoms with Crippen LogP contribution < -0.4 is 5.73 Å². The van der Waals surface area contributed by atoms with E-state index in [1.54, 1.807) is 28.7 Å². The van der Waals surface area contributed by atoms with Crippen molar-refractivity contribution in [3.8, 4) is 11.1 Å². The number of rotatable bonds is 3. The van der Waals surface area contributed by atoms with Gasteiger partial charge < -0.3 is 5.73 Å². The molecular weight excluding hydrogens is 226 g/mol. The first-order chi connectivity index (χ1) is 7.25. The van der Waals surface area contributed by atoms with Crippen molar-refractivity contribution < 1.29 is 4.79 Å². The van der Waals surface area contributed by atoms with Crippen molar-refractivity contribution in [2.24, 2.45) is 5.73 Å². The Labute approximate surface area is 95.7 Å². The van der Waals surface area contributed by atoms with Crippen molar-refractivity contribution in [3.63, 3.8) is 0 Å². The van der Waals surface area contributed by atoms with Gasteiger partial charge in [0.05, 0.1) is 0 Å². The van der Waals surface area contributed by atoms with E-state index in [4.69, 9.17) is 5.73 Å². The number of carbonyl (C=O) groups excluding carboxylic acids is 1. The number of amides is 1. The number of primary amides is 1. The average molecular weight is 235 g/mol. The minimum atomic E-state index is -0.416. The molecule has 0 aliphatic heterocycles. The van der Waals surface area contributed by atoms with Crippen LogP contribution in [0.5, 0.6) is 0 Å². The Morgan fingerprint density at radius 3 is 2.87 bits per heavy atom. The van der Waals surface area contributed by atoms with Crippen LogP contribution in [-0.2, 0) is 4.79 Å². The molecule has 0 aromatic carbocycles. The summed E-state index contributed by atoms with van der Waals surface area (Å²) >= 11 is 3.27. The Kier molecular flexibility index (Phi) is 2.99. The van der Waals surface area contributed by atoms with Crippen LogP contribution in [0.15, 0.2) is 34.3 Å². The van der Waals surface area contributed by atoms with Crippen LogP contribution in [-0.4, -0.2) is 5.91 Å². The Balaban J connectivity index is 2.21. The Morgan fingerprint density at radius 2 is 2.20 bits per heavy atom. The molecule has 0 unspecified atom stereocenters. The maximum absolute atomic E-state index is 10.5. The summed E-state index contributed by atoms with van der Waals surface area (Å²) in [5, 5.41) is 6.22. The van der Waals surface area contributed by atoms with Gasteiger partial charge in [0.1, 0.15) is 0 Å². The maximum atomic E-state index is 10.5. The van der Waals surface area contributed by atoms with Crippen LogP contribution in [0.25, 0.3) is 17.2 Å². The molecule has 15 heavy (non-hydrogen) atoms. The average Bonchev–Trinajstić information content (AvgIpc) is 2.85. The normalized spacial score (nSPS) is 10.9. The fraction of sp³-hybridized carbons (Fsp3) is 0. The third kappa shape index (κ3) is 2.55. The Morgan fingerprint density at radius 1 is 1.33 bits per heavy atom. The zero-order chi connectivity index (χ0) is 10.7. The minimum Gasteiger partial charge on any atom is -0.366 e. The van der Waals surface area contributed by atoms with Gasteiger partial charge in [-0.2, -0.15) is 11.3 Å². The summed E-state index contributed by atoms with van der Waals surface area (Å²) in [4.78, 5) is 11.6. The molecule has 76 valence electrons. The smallest absolute Gasteiger partial charge is 0.241 e. The molecule has 2 nitrogen and oxygen atoms in total. The molecule has 2 heterocycles. The standard InChI is InChI=1S/C11H9NOS2/c12-11(13)2-1-10-5-9(7-15-10)8-3-4-14-6-8/h1-7H,(H2,12,13)/b2-1-. The van der Waals surface area contributed by atoms with Gasteiger partial charge in [0.15, 0.2) is 0 Å². The van der Waals surface area contributed by atoms with E-state index >= 15 is 0 Å². The van der Waals surface area contributed by atoms with Crippen molar-refractivity contribution in [1.29, 1.82) is 0 Å². The van der Waals surface area contributed by atoms with Crippen LogP contribution in [0.1, 0.15) is 4.88 Å². The molecule has 0 saturated heterocycles. The zero-order valence-corrected chi connectivity index (χ0v) is 9.48. The molecule has 0 bridgehead atoms. The van der Waals surface area contributed by atoms with Crippen molar-refractivity contribution in [2.45, 2.75) is 0 Å². The maximum Gasteiger partial charge on any atom is 0.241 e. The largest absolute Gasteiger partial charge is 0.366 e. The summed E-state index contributed by atoms with van der Waals surface area (Å²) in [5.41, 5.74) is 7.43. The van der Waals surface area contributed by atoms with Crippen molar-refractivity contribution >= 4 is 34.7 Å². The summed E-state index contributed by atoms with van der Waals surface area (Å²) in [5.74, 6) is -0.416.